The van der Waals surface area contributed by atoms with Crippen LogP contribution < -0.4 is 5.32 Å². The molecular weight excluding hydrogens is 246 g/mol. The van der Waals surface area contributed by atoms with Crippen LogP contribution in [0.5, 0.6) is 0 Å². The summed E-state index contributed by atoms with van der Waals surface area (Å²) >= 11 is 0. The quantitative estimate of drug-likeness (QED) is 0.607. The highest BCUT2D eigenvalue weighted by Crippen LogP contribution is 2.23. The lowest BCUT2D eigenvalue weighted by Crippen LogP contribution is -2.25. The van der Waals surface area contributed by atoms with Crippen molar-refractivity contribution in [2.45, 2.75) is 27.2 Å². The van der Waals surface area contributed by atoms with E-state index in [4.69, 9.17) is 4.74 Å². The Morgan fingerprint density at radius 3 is 2.79 bits per heavy atom. The molecule has 0 saturated heterocycles. The fourth-order valence-electron chi connectivity index (χ4n) is 1.60. The topological polar surface area (TPSA) is 77.3 Å². The summed E-state index contributed by atoms with van der Waals surface area (Å²) in [6.07, 6.45) is 2.42. The second kappa shape index (κ2) is 6.47. The van der Waals surface area contributed by atoms with Crippen LogP contribution in [0, 0.1) is 22.5 Å². The van der Waals surface area contributed by atoms with Crippen LogP contribution in [-0.2, 0) is 4.74 Å². The lowest BCUT2D eigenvalue weighted by Gasteiger charge is -2.24. The van der Waals surface area contributed by atoms with Crippen molar-refractivity contribution in [3.05, 3.63) is 27.9 Å². The third-order valence-corrected chi connectivity index (χ3v) is 3.00. The average molecular weight is 267 g/mol. The number of nitro groups is 1. The van der Waals surface area contributed by atoms with Gasteiger partial charge in [-0.15, -0.1) is 0 Å². The molecule has 0 saturated carbocycles. The standard InChI is InChI=1S/C13H21N3O3/c1-10-8-14-12(7-11(10)16(17)18)15-9-13(2,3)5-6-19-4/h7-8H,5-6,9H2,1-4H3,(H,14,15). The van der Waals surface area contributed by atoms with Gasteiger partial charge in [-0.05, 0) is 18.8 Å². The number of methoxy groups -OCH3 is 1. The highest BCUT2D eigenvalue weighted by Gasteiger charge is 2.18. The molecule has 1 rings (SSSR count). The summed E-state index contributed by atoms with van der Waals surface area (Å²) in [6, 6.07) is 1.47. The predicted molar refractivity (Wildman–Crippen MR) is 74.4 cm³/mol. The number of aryl methyl sites for hydroxylation is 1. The smallest absolute Gasteiger partial charge is 0.277 e. The molecule has 0 spiro atoms. The van der Waals surface area contributed by atoms with Crippen molar-refractivity contribution < 1.29 is 9.66 Å². The predicted octanol–water partition coefficient (Wildman–Crippen LogP) is 2.77. The van der Waals surface area contributed by atoms with E-state index in [9.17, 15) is 10.1 Å². The number of hydrogen-bond acceptors (Lipinski definition) is 5. The first-order valence-corrected chi connectivity index (χ1v) is 6.19. The van der Waals surface area contributed by atoms with Gasteiger partial charge in [0.2, 0.25) is 0 Å². The first-order valence-electron chi connectivity index (χ1n) is 6.19. The van der Waals surface area contributed by atoms with Crippen molar-refractivity contribution in [2.24, 2.45) is 5.41 Å². The van der Waals surface area contributed by atoms with Gasteiger partial charge < -0.3 is 10.1 Å². The Balaban J connectivity index is 2.68. The Hall–Kier alpha value is -1.69. The van der Waals surface area contributed by atoms with Gasteiger partial charge in [0, 0.05) is 32.0 Å². The lowest BCUT2D eigenvalue weighted by atomic mass is 9.90. The summed E-state index contributed by atoms with van der Waals surface area (Å²) in [5.74, 6) is 0.530. The van der Waals surface area contributed by atoms with E-state index in [1.807, 2.05) is 0 Å². The van der Waals surface area contributed by atoms with Gasteiger partial charge in [-0.1, -0.05) is 13.8 Å². The zero-order valence-electron chi connectivity index (χ0n) is 11.9. The van der Waals surface area contributed by atoms with Crippen molar-refractivity contribution >= 4 is 11.5 Å². The van der Waals surface area contributed by atoms with Crippen LogP contribution in [-0.4, -0.2) is 30.2 Å². The minimum Gasteiger partial charge on any atom is -0.385 e. The van der Waals surface area contributed by atoms with E-state index >= 15 is 0 Å². The first kappa shape index (κ1) is 15.4. The molecule has 6 nitrogen and oxygen atoms in total. The number of nitrogens with zero attached hydrogens (tertiary/aromatic N) is 2. The molecule has 0 fully saturated rings. The van der Waals surface area contributed by atoms with Crippen LogP contribution >= 0.6 is 0 Å². The summed E-state index contributed by atoms with van der Waals surface area (Å²) in [4.78, 5) is 14.6. The first-order chi connectivity index (χ1) is 8.85. The molecule has 0 aliphatic heterocycles. The molecule has 0 atom stereocenters. The van der Waals surface area contributed by atoms with Crippen LogP contribution in [0.4, 0.5) is 11.5 Å². The average Bonchev–Trinajstić information content (AvgIpc) is 2.35. The summed E-state index contributed by atoms with van der Waals surface area (Å²) in [5, 5.41) is 14.0. The maximum atomic E-state index is 10.8. The molecule has 0 unspecified atom stereocenters. The Kier molecular flexibility index (Phi) is 5.23. The Bertz CT molecular complexity index is 447. The summed E-state index contributed by atoms with van der Waals surface area (Å²) in [5.41, 5.74) is 0.693. The van der Waals surface area contributed by atoms with Crippen molar-refractivity contribution in [1.82, 2.24) is 4.98 Å². The molecule has 0 aromatic carbocycles. The van der Waals surface area contributed by atoms with E-state index < -0.39 is 4.92 Å². The van der Waals surface area contributed by atoms with Crippen LogP contribution in [0.25, 0.3) is 0 Å². The Morgan fingerprint density at radius 1 is 1.53 bits per heavy atom. The van der Waals surface area contributed by atoms with E-state index in [1.54, 1.807) is 14.0 Å². The number of anilines is 1. The van der Waals surface area contributed by atoms with Crippen molar-refractivity contribution in [1.29, 1.82) is 0 Å². The Morgan fingerprint density at radius 2 is 2.21 bits per heavy atom. The van der Waals surface area contributed by atoms with Crippen molar-refractivity contribution in [3.63, 3.8) is 0 Å². The van der Waals surface area contributed by atoms with E-state index in [0.717, 1.165) is 6.42 Å². The lowest BCUT2D eigenvalue weighted by molar-refractivity contribution is -0.385. The van der Waals surface area contributed by atoms with E-state index in [2.05, 4.69) is 24.1 Å². The van der Waals surface area contributed by atoms with Gasteiger partial charge in [0.15, 0.2) is 0 Å². The molecule has 1 aromatic rings. The van der Waals surface area contributed by atoms with Crippen LogP contribution in [0.15, 0.2) is 12.3 Å². The molecule has 19 heavy (non-hydrogen) atoms. The second-order valence-corrected chi connectivity index (χ2v) is 5.37. The summed E-state index contributed by atoms with van der Waals surface area (Å²) in [7, 11) is 1.67. The van der Waals surface area contributed by atoms with Gasteiger partial charge in [-0.25, -0.2) is 4.98 Å². The van der Waals surface area contributed by atoms with Crippen LogP contribution in [0.1, 0.15) is 25.8 Å². The zero-order valence-corrected chi connectivity index (χ0v) is 11.9. The Labute approximate surface area is 113 Å². The van der Waals surface area contributed by atoms with Crippen LogP contribution in [0.2, 0.25) is 0 Å². The molecule has 1 N–H and O–H groups in total. The highest BCUT2D eigenvalue weighted by molar-refractivity contribution is 5.48. The van der Waals surface area contributed by atoms with E-state index in [-0.39, 0.29) is 11.1 Å². The molecule has 6 heteroatoms. The van der Waals surface area contributed by atoms with Gasteiger partial charge >= 0.3 is 0 Å². The second-order valence-electron chi connectivity index (χ2n) is 5.37. The summed E-state index contributed by atoms with van der Waals surface area (Å²) in [6.45, 7) is 7.28. The number of pyridine rings is 1. The number of rotatable bonds is 7. The van der Waals surface area contributed by atoms with Gasteiger partial charge in [0.25, 0.3) is 5.69 Å². The number of ether oxygens (including phenoxy) is 1. The molecule has 1 aromatic heterocycles. The molecule has 0 bridgehead atoms. The third kappa shape index (κ3) is 4.82. The fraction of sp³-hybridized carbons (Fsp3) is 0.615. The molecular formula is C13H21N3O3. The molecule has 0 amide bonds. The molecule has 1 heterocycles. The summed E-state index contributed by atoms with van der Waals surface area (Å²) < 4.78 is 5.06. The fourth-order valence-corrected chi connectivity index (χ4v) is 1.60. The van der Waals surface area contributed by atoms with Crippen molar-refractivity contribution in [3.8, 4) is 0 Å². The third-order valence-electron chi connectivity index (χ3n) is 3.00. The largest absolute Gasteiger partial charge is 0.385 e. The normalized spacial score (nSPS) is 11.4. The molecule has 106 valence electrons. The van der Waals surface area contributed by atoms with Gasteiger partial charge in [0.05, 0.1) is 11.0 Å². The number of hydrogen-bond donors (Lipinski definition) is 1. The van der Waals surface area contributed by atoms with E-state index in [1.165, 1.54) is 12.3 Å². The minimum atomic E-state index is -0.391. The molecule has 0 radical (unpaired) electrons. The number of nitrogens with one attached hydrogen (secondary N) is 1. The maximum Gasteiger partial charge on any atom is 0.277 e. The zero-order chi connectivity index (χ0) is 14.5. The minimum absolute atomic E-state index is 0.0390. The SMILES string of the molecule is COCCC(C)(C)CNc1cc([N+](=O)[O-])c(C)cn1. The molecule has 0 aliphatic carbocycles. The number of aromatic nitrogens is 1. The van der Waals surface area contributed by atoms with Gasteiger partial charge in [-0.3, -0.25) is 10.1 Å². The van der Waals surface area contributed by atoms with Crippen molar-refractivity contribution in [2.75, 3.05) is 25.6 Å². The van der Waals surface area contributed by atoms with Gasteiger partial charge in [-0.2, -0.15) is 0 Å². The monoisotopic (exact) mass is 267 g/mol. The van der Waals surface area contributed by atoms with E-state index in [0.29, 0.717) is 24.5 Å². The molecule has 0 aliphatic rings. The van der Waals surface area contributed by atoms with Gasteiger partial charge in [0.1, 0.15) is 5.82 Å². The highest BCUT2D eigenvalue weighted by atomic mass is 16.6. The van der Waals surface area contributed by atoms with Crippen LogP contribution in [0.3, 0.4) is 0 Å². The maximum absolute atomic E-state index is 10.8.